The van der Waals surface area contributed by atoms with Gasteiger partial charge in [0.25, 0.3) is 0 Å². The third-order valence-corrected chi connectivity index (χ3v) is 5.95. The molecule has 19 heavy (non-hydrogen) atoms. The van der Waals surface area contributed by atoms with Crippen LogP contribution < -0.4 is 10.0 Å². The van der Waals surface area contributed by atoms with Crippen LogP contribution >= 0.6 is 0 Å². The van der Waals surface area contributed by atoms with E-state index in [1.807, 2.05) is 0 Å². The highest BCUT2D eigenvalue weighted by Gasteiger charge is 2.19. The van der Waals surface area contributed by atoms with Crippen molar-refractivity contribution < 1.29 is 12.6 Å². The molecule has 2 unspecified atom stereocenters. The molecule has 1 aliphatic heterocycles. The fourth-order valence-corrected chi connectivity index (χ4v) is 3.48. The molecule has 2 N–H and O–H groups in total. The van der Waals surface area contributed by atoms with Crippen molar-refractivity contribution in [3.8, 4) is 0 Å². The summed E-state index contributed by atoms with van der Waals surface area (Å²) in [6.07, 6.45) is 2.41. The Labute approximate surface area is 116 Å². The number of hydrogen-bond acceptors (Lipinski definition) is 4. The monoisotopic (exact) mass is 302 g/mol. The maximum Gasteiger partial charge on any atom is 0.240 e. The number of rotatable bonds is 5. The van der Waals surface area contributed by atoms with Crippen LogP contribution in [0.2, 0.25) is 0 Å². The first-order valence-corrected chi connectivity index (χ1v) is 9.19. The minimum absolute atomic E-state index is 0.181. The summed E-state index contributed by atoms with van der Waals surface area (Å²) in [5.41, 5.74) is 2.02. The highest BCUT2D eigenvalue weighted by atomic mass is 32.2. The van der Waals surface area contributed by atoms with Gasteiger partial charge in [0, 0.05) is 41.1 Å². The van der Waals surface area contributed by atoms with E-state index in [-0.39, 0.29) is 16.7 Å². The predicted molar refractivity (Wildman–Crippen MR) is 77.4 cm³/mol. The number of anilines is 1. The summed E-state index contributed by atoms with van der Waals surface area (Å²) in [7, 11) is -4.56. The largest absolute Gasteiger partial charge is 0.384 e. The second-order valence-corrected chi connectivity index (χ2v) is 8.23. The molecule has 0 aliphatic carbocycles. The summed E-state index contributed by atoms with van der Waals surface area (Å²) in [6, 6.07) is 5.08. The van der Waals surface area contributed by atoms with E-state index in [0.717, 1.165) is 24.2 Å². The number of fused-ring (bicyclic) bond motifs is 1. The third kappa shape index (κ3) is 3.34. The van der Waals surface area contributed by atoms with Crippen molar-refractivity contribution in [3.05, 3.63) is 23.8 Å². The van der Waals surface area contributed by atoms with Crippen molar-refractivity contribution in [3.63, 3.8) is 0 Å². The Bertz CT molecular complexity index is 599. The fraction of sp³-hybridized carbons (Fsp3) is 0.500. The summed E-state index contributed by atoms with van der Waals surface area (Å²) >= 11 is 0. The van der Waals surface area contributed by atoms with Gasteiger partial charge in [-0.2, -0.15) is 0 Å². The Balaban J connectivity index is 2.14. The SMILES string of the molecule is CC(CNS(=O)(=O)c1ccc2c(c1)CCN2)S(C)=O. The molecule has 0 fully saturated rings. The Kier molecular flexibility index (Phi) is 4.27. The van der Waals surface area contributed by atoms with Gasteiger partial charge in [-0.1, -0.05) is 0 Å². The Morgan fingerprint density at radius 3 is 2.89 bits per heavy atom. The minimum Gasteiger partial charge on any atom is -0.384 e. The van der Waals surface area contributed by atoms with Crippen LogP contribution in [-0.4, -0.2) is 37.2 Å². The molecule has 0 bridgehead atoms. The second kappa shape index (κ2) is 5.60. The molecule has 0 saturated heterocycles. The van der Waals surface area contributed by atoms with E-state index in [9.17, 15) is 12.6 Å². The van der Waals surface area contributed by atoms with E-state index in [2.05, 4.69) is 10.0 Å². The van der Waals surface area contributed by atoms with Gasteiger partial charge in [0.15, 0.2) is 0 Å². The molecule has 2 atom stereocenters. The van der Waals surface area contributed by atoms with E-state index in [4.69, 9.17) is 0 Å². The van der Waals surface area contributed by atoms with Crippen LogP contribution in [0, 0.1) is 0 Å². The van der Waals surface area contributed by atoms with Gasteiger partial charge >= 0.3 is 0 Å². The lowest BCUT2D eigenvalue weighted by Gasteiger charge is -2.11. The molecular formula is C12H18N2O3S2. The lowest BCUT2D eigenvalue weighted by Crippen LogP contribution is -2.32. The van der Waals surface area contributed by atoms with Gasteiger partial charge in [0.1, 0.15) is 0 Å². The number of hydrogen-bond donors (Lipinski definition) is 2. The highest BCUT2D eigenvalue weighted by Crippen LogP contribution is 2.24. The molecule has 1 heterocycles. The Morgan fingerprint density at radius 2 is 2.21 bits per heavy atom. The maximum absolute atomic E-state index is 12.1. The zero-order chi connectivity index (χ0) is 14.0. The summed E-state index contributed by atoms with van der Waals surface area (Å²) in [6.45, 7) is 2.78. The Morgan fingerprint density at radius 1 is 1.47 bits per heavy atom. The van der Waals surface area contributed by atoms with Gasteiger partial charge in [-0.3, -0.25) is 4.21 Å². The minimum atomic E-state index is -3.52. The van der Waals surface area contributed by atoms with Crippen molar-refractivity contribution in [2.75, 3.05) is 24.7 Å². The average Bonchev–Trinajstić information content (AvgIpc) is 2.82. The molecular weight excluding hydrogens is 284 g/mol. The lowest BCUT2D eigenvalue weighted by molar-refractivity contribution is 0.580. The van der Waals surface area contributed by atoms with Gasteiger partial charge < -0.3 is 5.32 Å². The summed E-state index contributed by atoms with van der Waals surface area (Å²) in [5, 5.41) is 2.99. The first kappa shape index (κ1) is 14.5. The Hall–Kier alpha value is -0.920. The van der Waals surface area contributed by atoms with Crippen molar-refractivity contribution >= 4 is 26.5 Å². The third-order valence-electron chi connectivity index (χ3n) is 3.22. The van der Waals surface area contributed by atoms with Crippen LogP contribution in [0.15, 0.2) is 23.1 Å². The van der Waals surface area contributed by atoms with Crippen LogP contribution in [-0.2, 0) is 27.2 Å². The number of sulfonamides is 1. The highest BCUT2D eigenvalue weighted by molar-refractivity contribution is 7.89. The van der Waals surface area contributed by atoms with Crippen molar-refractivity contribution in [1.29, 1.82) is 0 Å². The topological polar surface area (TPSA) is 75.3 Å². The van der Waals surface area contributed by atoms with Gasteiger partial charge in [0.05, 0.1) is 4.90 Å². The van der Waals surface area contributed by atoms with Crippen LogP contribution in [0.4, 0.5) is 5.69 Å². The van der Waals surface area contributed by atoms with E-state index < -0.39 is 20.8 Å². The summed E-state index contributed by atoms with van der Waals surface area (Å²) in [4.78, 5) is 0.268. The van der Waals surface area contributed by atoms with Crippen LogP contribution in [0.5, 0.6) is 0 Å². The molecule has 0 aromatic heterocycles. The van der Waals surface area contributed by atoms with Crippen molar-refractivity contribution in [1.82, 2.24) is 4.72 Å². The van der Waals surface area contributed by atoms with E-state index in [0.29, 0.717) is 0 Å². The first-order chi connectivity index (χ1) is 8.90. The molecule has 0 radical (unpaired) electrons. The van der Waals surface area contributed by atoms with E-state index in [1.165, 1.54) is 0 Å². The standard InChI is InChI=1S/C12H18N2O3S2/c1-9(18(2)15)8-14-19(16,17)11-3-4-12-10(7-11)5-6-13-12/h3-4,7,9,13-14H,5-6,8H2,1-2H3. The molecule has 1 aliphatic rings. The molecule has 0 saturated carbocycles. The first-order valence-electron chi connectivity index (χ1n) is 6.09. The number of nitrogens with one attached hydrogen (secondary N) is 2. The second-order valence-electron chi connectivity index (χ2n) is 4.66. The molecule has 7 heteroatoms. The summed E-state index contributed by atoms with van der Waals surface area (Å²) < 4.78 is 38.0. The van der Waals surface area contributed by atoms with Gasteiger partial charge in [-0.25, -0.2) is 13.1 Å². The van der Waals surface area contributed by atoms with Gasteiger partial charge in [0.2, 0.25) is 10.0 Å². The van der Waals surface area contributed by atoms with Crippen LogP contribution in [0.3, 0.4) is 0 Å². The van der Waals surface area contributed by atoms with Gasteiger partial charge in [-0.15, -0.1) is 0 Å². The summed E-state index contributed by atoms with van der Waals surface area (Å²) in [5.74, 6) is 0. The van der Waals surface area contributed by atoms with Crippen LogP contribution in [0.25, 0.3) is 0 Å². The average molecular weight is 302 g/mol. The van der Waals surface area contributed by atoms with E-state index in [1.54, 1.807) is 31.4 Å². The predicted octanol–water partition coefficient (Wildman–Crippen LogP) is 0.700. The molecule has 106 valence electrons. The van der Waals surface area contributed by atoms with Crippen LogP contribution in [0.1, 0.15) is 12.5 Å². The zero-order valence-electron chi connectivity index (χ0n) is 11.0. The van der Waals surface area contributed by atoms with E-state index >= 15 is 0 Å². The smallest absolute Gasteiger partial charge is 0.240 e. The van der Waals surface area contributed by atoms with Crippen molar-refractivity contribution in [2.24, 2.45) is 0 Å². The maximum atomic E-state index is 12.1. The van der Waals surface area contributed by atoms with Crippen molar-refractivity contribution in [2.45, 2.75) is 23.5 Å². The van der Waals surface area contributed by atoms with Gasteiger partial charge in [-0.05, 0) is 37.1 Å². The molecule has 5 nitrogen and oxygen atoms in total. The quantitative estimate of drug-likeness (QED) is 0.839. The molecule has 0 amide bonds. The molecule has 1 aromatic rings. The lowest BCUT2D eigenvalue weighted by atomic mass is 10.2. The normalized spacial score (nSPS) is 17.6. The number of benzene rings is 1. The zero-order valence-corrected chi connectivity index (χ0v) is 12.6. The molecule has 1 aromatic carbocycles. The molecule has 2 rings (SSSR count). The fourth-order valence-electron chi connectivity index (χ4n) is 1.88. The molecule has 0 spiro atoms.